The third-order valence-corrected chi connectivity index (χ3v) is 4.59. The van der Waals surface area contributed by atoms with Gasteiger partial charge in [0.05, 0.1) is 11.7 Å². The molecule has 0 atom stereocenters. The lowest BCUT2D eigenvalue weighted by Gasteiger charge is -2.39. The first-order valence-electron chi connectivity index (χ1n) is 6.93. The second kappa shape index (κ2) is 4.66. The summed E-state index contributed by atoms with van der Waals surface area (Å²) in [5.41, 5.74) is 6.50. The van der Waals surface area contributed by atoms with Gasteiger partial charge in [-0.2, -0.15) is 0 Å². The Morgan fingerprint density at radius 1 is 1.06 bits per heavy atom. The van der Waals surface area contributed by atoms with E-state index in [1.165, 1.54) is 51.4 Å². The van der Waals surface area contributed by atoms with E-state index in [1.54, 1.807) is 0 Å². The van der Waals surface area contributed by atoms with E-state index in [-0.39, 0.29) is 5.60 Å². The van der Waals surface area contributed by atoms with Gasteiger partial charge in [0.2, 0.25) is 0 Å². The van der Waals surface area contributed by atoms with Crippen LogP contribution in [0.4, 0.5) is 0 Å². The molecule has 0 aromatic heterocycles. The highest BCUT2D eigenvalue weighted by Gasteiger charge is 2.37. The van der Waals surface area contributed by atoms with Crippen LogP contribution in [-0.4, -0.2) is 18.2 Å². The highest BCUT2D eigenvalue weighted by Crippen LogP contribution is 2.40. The topological polar surface area (TPSA) is 35.2 Å². The van der Waals surface area contributed by atoms with Crippen LogP contribution in [0, 0.1) is 5.41 Å². The quantitative estimate of drug-likeness (QED) is 0.800. The van der Waals surface area contributed by atoms with Crippen molar-refractivity contribution in [2.45, 2.75) is 76.9 Å². The molecule has 0 aliphatic heterocycles. The maximum absolute atomic E-state index is 6.36. The lowest BCUT2D eigenvalue weighted by molar-refractivity contribution is -0.105. The molecule has 16 heavy (non-hydrogen) atoms. The summed E-state index contributed by atoms with van der Waals surface area (Å²) in [5.74, 6) is 0. The molecule has 2 rings (SSSR count). The Morgan fingerprint density at radius 2 is 1.62 bits per heavy atom. The first-order chi connectivity index (χ1) is 7.55. The summed E-state index contributed by atoms with van der Waals surface area (Å²) in [5, 5.41) is 0. The zero-order valence-corrected chi connectivity index (χ0v) is 10.9. The van der Waals surface area contributed by atoms with Crippen molar-refractivity contribution in [3.8, 4) is 0 Å². The maximum Gasteiger partial charge on any atom is 0.0807 e. The van der Waals surface area contributed by atoms with Crippen LogP contribution in [0.3, 0.4) is 0 Å². The summed E-state index contributed by atoms with van der Waals surface area (Å²) in [6.07, 6.45) is 10.5. The minimum absolute atomic E-state index is 0.0478. The molecule has 2 heteroatoms. The minimum atomic E-state index is 0.0478. The molecule has 0 aromatic rings. The molecule has 2 nitrogen and oxygen atoms in total. The second-order valence-electron chi connectivity index (χ2n) is 6.58. The fourth-order valence-electron chi connectivity index (χ4n) is 3.23. The van der Waals surface area contributed by atoms with Crippen LogP contribution in [0.2, 0.25) is 0 Å². The molecule has 2 aliphatic rings. The molecule has 2 fully saturated rings. The summed E-state index contributed by atoms with van der Waals surface area (Å²) in [6, 6.07) is 0. The molecule has 0 amide bonds. The fourth-order valence-corrected chi connectivity index (χ4v) is 3.23. The Hall–Kier alpha value is -0.0800. The SMILES string of the molecule is CC1(C)CCC(OC2(CN)CCCC2)CC1. The molecule has 2 saturated carbocycles. The molecule has 0 spiro atoms. The van der Waals surface area contributed by atoms with Gasteiger partial charge in [-0.25, -0.2) is 0 Å². The molecule has 0 radical (unpaired) electrons. The van der Waals surface area contributed by atoms with E-state index in [0.717, 1.165) is 0 Å². The van der Waals surface area contributed by atoms with Crippen LogP contribution in [0.15, 0.2) is 0 Å². The normalized spacial score (nSPS) is 29.4. The van der Waals surface area contributed by atoms with Gasteiger partial charge in [-0.05, 0) is 43.9 Å². The maximum atomic E-state index is 6.36. The molecule has 2 aliphatic carbocycles. The Morgan fingerprint density at radius 3 is 2.12 bits per heavy atom. The van der Waals surface area contributed by atoms with Crippen molar-refractivity contribution < 1.29 is 4.74 Å². The second-order valence-corrected chi connectivity index (χ2v) is 6.58. The fraction of sp³-hybridized carbons (Fsp3) is 1.00. The van der Waals surface area contributed by atoms with Crippen molar-refractivity contribution in [2.75, 3.05) is 6.54 Å². The van der Waals surface area contributed by atoms with E-state index >= 15 is 0 Å². The van der Waals surface area contributed by atoms with Crippen LogP contribution >= 0.6 is 0 Å². The van der Waals surface area contributed by atoms with Crippen molar-refractivity contribution in [3.05, 3.63) is 0 Å². The zero-order chi connectivity index (χ0) is 11.6. The van der Waals surface area contributed by atoms with Gasteiger partial charge in [-0.3, -0.25) is 0 Å². The average Bonchev–Trinajstić information content (AvgIpc) is 2.71. The molecule has 0 unspecified atom stereocenters. The number of hydrogen-bond donors (Lipinski definition) is 1. The third-order valence-electron chi connectivity index (χ3n) is 4.59. The molecule has 0 aromatic carbocycles. The largest absolute Gasteiger partial charge is 0.370 e. The summed E-state index contributed by atoms with van der Waals surface area (Å²) in [7, 11) is 0. The molecular formula is C14H27NO. The van der Waals surface area contributed by atoms with Gasteiger partial charge in [0, 0.05) is 6.54 Å². The number of rotatable bonds is 3. The molecule has 2 N–H and O–H groups in total. The van der Waals surface area contributed by atoms with E-state index in [9.17, 15) is 0 Å². The highest BCUT2D eigenvalue weighted by atomic mass is 16.5. The molecular weight excluding hydrogens is 198 g/mol. The summed E-state index contributed by atoms with van der Waals surface area (Å²) >= 11 is 0. The van der Waals surface area contributed by atoms with Gasteiger partial charge in [-0.1, -0.05) is 26.7 Å². The zero-order valence-electron chi connectivity index (χ0n) is 10.9. The summed E-state index contributed by atoms with van der Waals surface area (Å²) < 4.78 is 6.36. The Bertz CT molecular complexity index is 221. The first-order valence-corrected chi connectivity index (χ1v) is 6.93. The van der Waals surface area contributed by atoms with Gasteiger partial charge in [0.1, 0.15) is 0 Å². The standard InChI is InChI=1S/C14H27NO/c1-13(2)9-5-12(6-10-13)16-14(11-15)7-3-4-8-14/h12H,3-11,15H2,1-2H3. The van der Waals surface area contributed by atoms with E-state index in [0.29, 0.717) is 18.1 Å². The monoisotopic (exact) mass is 225 g/mol. The van der Waals surface area contributed by atoms with Gasteiger partial charge in [-0.15, -0.1) is 0 Å². The van der Waals surface area contributed by atoms with E-state index in [4.69, 9.17) is 10.5 Å². The van der Waals surface area contributed by atoms with E-state index in [2.05, 4.69) is 13.8 Å². The lowest BCUT2D eigenvalue weighted by Crippen LogP contribution is -2.42. The average molecular weight is 225 g/mol. The summed E-state index contributed by atoms with van der Waals surface area (Å²) in [6.45, 7) is 5.46. The third kappa shape index (κ3) is 2.78. The molecule has 94 valence electrons. The van der Waals surface area contributed by atoms with E-state index < -0.39 is 0 Å². The number of ether oxygens (including phenoxy) is 1. The van der Waals surface area contributed by atoms with Crippen LogP contribution in [0.5, 0.6) is 0 Å². The minimum Gasteiger partial charge on any atom is -0.370 e. The van der Waals surface area contributed by atoms with Gasteiger partial charge in [0.15, 0.2) is 0 Å². The van der Waals surface area contributed by atoms with Crippen molar-refractivity contribution in [3.63, 3.8) is 0 Å². The Labute approximate surface area is 99.9 Å². The molecule has 0 heterocycles. The van der Waals surface area contributed by atoms with Gasteiger partial charge < -0.3 is 10.5 Å². The highest BCUT2D eigenvalue weighted by molar-refractivity contribution is 4.90. The van der Waals surface area contributed by atoms with Crippen LogP contribution in [-0.2, 0) is 4.74 Å². The van der Waals surface area contributed by atoms with E-state index in [1.807, 2.05) is 0 Å². The van der Waals surface area contributed by atoms with Crippen molar-refractivity contribution in [1.82, 2.24) is 0 Å². The van der Waals surface area contributed by atoms with Gasteiger partial charge in [0.25, 0.3) is 0 Å². The predicted molar refractivity (Wildman–Crippen MR) is 67.4 cm³/mol. The predicted octanol–water partition coefficient (Wildman–Crippen LogP) is 3.24. The lowest BCUT2D eigenvalue weighted by atomic mass is 9.76. The van der Waals surface area contributed by atoms with Crippen molar-refractivity contribution in [1.29, 1.82) is 0 Å². The van der Waals surface area contributed by atoms with Crippen LogP contribution < -0.4 is 5.73 Å². The Balaban J connectivity index is 1.86. The van der Waals surface area contributed by atoms with Crippen molar-refractivity contribution >= 4 is 0 Å². The molecule has 0 bridgehead atoms. The number of hydrogen-bond acceptors (Lipinski definition) is 2. The van der Waals surface area contributed by atoms with Crippen molar-refractivity contribution in [2.24, 2.45) is 11.1 Å². The summed E-state index contributed by atoms with van der Waals surface area (Å²) in [4.78, 5) is 0. The van der Waals surface area contributed by atoms with Gasteiger partial charge >= 0.3 is 0 Å². The number of nitrogens with two attached hydrogens (primary N) is 1. The molecule has 0 saturated heterocycles. The van der Waals surface area contributed by atoms with Crippen LogP contribution in [0.1, 0.15) is 65.2 Å². The first kappa shape index (κ1) is 12.4. The van der Waals surface area contributed by atoms with Crippen LogP contribution in [0.25, 0.3) is 0 Å². The Kier molecular flexibility index (Phi) is 3.60. The smallest absolute Gasteiger partial charge is 0.0807 e.